The van der Waals surface area contributed by atoms with Crippen LogP contribution in [0.3, 0.4) is 0 Å². The van der Waals surface area contributed by atoms with Crippen molar-refractivity contribution < 1.29 is 4.74 Å². The van der Waals surface area contributed by atoms with Crippen LogP contribution in [0.2, 0.25) is 0 Å². The lowest BCUT2D eigenvalue weighted by atomic mass is 10.1. The van der Waals surface area contributed by atoms with Crippen LogP contribution in [-0.4, -0.2) is 43.0 Å². The molecule has 4 heteroatoms. The molecule has 0 amide bonds. The molecule has 0 unspecified atom stereocenters. The second-order valence-electron chi connectivity index (χ2n) is 3.38. The van der Waals surface area contributed by atoms with E-state index in [1.807, 2.05) is 0 Å². The third-order valence-electron chi connectivity index (χ3n) is 2.34. The Kier molecular flexibility index (Phi) is 2.36. The largest absolute Gasteiger partial charge is 0.381 e. The molecule has 64 valence electrons. The van der Waals surface area contributed by atoms with E-state index >= 15 is 0 Å². The van der Waals surface area contributed by atoms with Crippen molar-refractivity contribution in [3.8, 4) is 0 Å². The van der Waals surface area contributed by atoms with Crippen molar-refractivity contribution in [2.45, 2.75) is 5.25 Å². The maximum atomic E-state index is 5.44. The van der Waals surface area contributed by atoms with Crippen LogP contribution < -0.4 is 5.14 Å². The van der Waals surface area contributed by atoms with E-state index in [1.54, 1.807) is 0 Å². The van der Waals surface area contributed by atoms with Gasteiger partial charge in [0.15, 0.2) is 0 Å². The third-order valence-corrected chi connectivity index (χ3v) is 3.02. The van der Waals surface area contributed by atoms with Gasteiger partial charge >= 0.3 is 0 Å². The fraction of sp³-hybridized carbons (Fsp3) is 1.00. The molecular weight excluding hydrogens is 160 g/mol. The fourth-order valence-corrected chi connectivity index (χ4v) is 2.11. The zero-order chi connectivity index (χ0) is 7.68. The fourth-order valence-electron chi connectivity index (χ4n) is 1.51. The van der Waals surface area contributed by atoms with Crippen molar-refractivity contribution in [2.24, 2.45) is 11.1 Å². The average molecular weight is 174 g/mol. The number of ether oxygens (including phenoxy) is 1. The molecule has 0 radical (unpaired) electrons. The van der Waals surface area contributed by atoms with Gasteiger partial charge in [0.1, 0.15) is 0 Å². The molecule has 0 bridgehead atoms. The van der Waals surface area contributed by atoms with Gasteiger partial charge in [-0.3, -0.25) is 5.14 Å². The normalized spacial score (nSPS) is 28.1. The Labute approximate surface area is 71.4 Å². The van der Waals surface area contributed by atoms with Gasteiger partial charge < -0.3 is 9.64 Å². The van der Waals surface area contributed by atoms with Crippen LogP contribution in [-0.2, 0) is 4.74 Å². The number of hydrogen-bond acceptors (Lipinski definition) is 4. The molecular formula is C7H14N2OS. The Hall–Kier alpha value is 0.230. The van der Waals surface area contributed by atoms with E-state index in [4.69, 9.17) is 9.88 Å². The first-order valence-electron chi connectivity index (χ1n) is 4.04. The summed E-state index contributed by atoms with van der Waals surface area (Å²) in [7, 11) is 0. The van der Waals surface area contributed by atoms with Crippen LogP contribution in [0.5, 0.6) is 0 Å². The summed E-state index contributed by atoms with van der Waals surface area (Å²) in [5.74, 6) is 0.804. The Morgan fingerprint density at radius 3 is 2.64 bits per heavy atom. The highest BCUT2D eigenvalue weighted by atomic mass is 32.2. The van der Waals surface area contributed by atoms with Gasteiger partial charge in [0.25, 0.3) is 0 Å². The van der Waals surface area contributed by atoms with Crippen LogP contribution in [0, 0.1) is 5.92 Å². The van der Waals surface area contributed by atoms with Gasteiger partial charge in [-0.25, -0.2) is 0 Å². The number of hydrogen-bond donors (Lipinski definition) is 1. The van der Waals surface area contributed by atoms with Gasteiger partial charge in [0, 0.05) is 30.8 Å². The molecule has 0 spiro atoms. The third kappa shape index (κ3) is 1.69. The minimum absolute atomic E-state index is 0.691. The lowest BCUT2D eigenvalue weighted by molar-refractivity contribution is -0.0527. The van der Waals surface area contributed by atoms with Crippen LogP contribution in [0.25, 0.3) is 0 Å². The van der Waals surface area contributed by atoms with Crippen LogP contribution in [0.15, 0.2) is 0 Å². The molecule has 3 nitrogen and oxygen atoms in total. The maximum Gasteiger partial charge on any atom is 0.0528 e. The van der Waals surface area contributed by atoms with E-state index in [2.05, 4.69) is 4.90 Å². The molecule has 11 heavy (non-hydrogen) atoms. The summed E-state index contributed by atoms with van der Waals surface area (Å²) in [5, 5.41) is 6.13. The van der Waals surface area contributed by atoms with Gasteiger partial charge in [-0.2, -0.15) is 0 Å². The SMILES string of the molecule is NSC1CN(CC2COC2)C1. The van der Waals surface area contributed by atoms with Crippen molar-refractivity contribution in [3.05, 3.63) is 0 Å². The van der Waals surface area contributed by atoms with E-state index in [0.29, 0.717) is 5.25 Å². The molecule has 2 heterocycles. The van der Waals surface area contributed by atoms with Crippen molar-refractivity contribution in [3.63, 3.8) is 0 Å². The molecule has 2 rings (SSSR count). The monoisotopic (exact) mass is 174 g/mol. The Morgan fingerprint density at radius 1 is 1.45 bits per heavy atom. The van der Waals surface area contributed by atoms with Gasteiger partial charge in [0.2, 0.25) is 0 Å². The van der Waals surface area contributed by atoms with E-state index in [9.17, 15) is 0 Å². The second kappa shape index (κ2) is 3.31. The summed E-state index contributed by atoms with van der Waals surface area (Å²) in [4.78, 5) is 2.46. The van der Waals surface area contributed by atoms with Crippen molar-refractivity contribution >= 4 is 11.9 Å². The summed E-state index contributed by atoms with van der Waals surface area (Å²) >= 11 is 1.50. The van der Waals surface area contributed by atoms with Crippen molar-refractivity contribution in [2.75, 3.05) is 32.8 Å². The first kappa shape index (κ1) is 7.86. The topological polar surface area (TPSA) is 38.5 Å². The summed E-state index contributed by atoms with van der Waals surface area (Å²) < 4.78 is 5.10. The van der Waals surface area contributed by atoms with E-state index in [0.717, 1.165) is 19.1 Å². The highest BCUT2D eigenvalue weighted by Gasteiger charge is 2.30. The quantitative estimate of drug-likeness (QED) is 0.608. The summed E-state index contributed by atoms with van der Waals surface area (Å²) in [6.45, 7) is 5.51. The molecule has 2 N–H and O–H groups in total. The van der Waals surface area contributed by atoms with Crippen LogP contribution >= 0.6 is 11.9 Å². The summed E-state index contributed by atoms with van der Waals surface area (Å²) in [6.07, 6.45) is 0. The standard InChI is InChI=1S/C7H14N2OS/c8-11-7-2-9(3-7)1-6-4-10-5-6/h6-7H,1-5,8H2. The predicted octanol–water partition coefficient (Wildman–Crippen LogP) is -0.0761. The van der Waals surface area contributed by atoms with Gasteiger partial charge in [-0.15, -0.1) is 0 Å². The van der Waals surface area contributed by atoms with Gasteiger partial charge in [-0.05, 0) is 0 Å². The number of likely N-dealkylation sites (tertiary alicyclic amines) is 1. The lowest BCUT2D eigenvalue weighted by Gasteiger charge is -2.41. The Bertz CT molecular complexity index is 134. The lowest BCUT2D eigenvalue weighted by Crippen LogP contribution is -2.53. The molecule has 2 fully saturated rings. The van der Waals surface area contributed by atoms with Crippen molar-refractivity contribution in [1.29, 1.82) is 0 Å². The second-order valence-corrected chi connectivity index (χ2v) is 4.32. The minimum atomic E-state index is 0.691. The Morgan fingerprint density at radius 2 is 2.18 bits per heavy atom. The number of nitrogens with two attached hydrogens (primary N) is 1. The average Bonchev–Trinajstić information content (AvgIpc) is 1.81. The van der Waals surface area contributed by atoms with Crippen LogP contribution in [0.1, 0.15) is 0 Å². The zero-order valence-electron chi connectivity index (χ0n) is 6.53. The highest BCUT2D eigenvalue weighted by Crippen LogP contribution is 2.21. The molecule has 2 aliphatic heterocycles. The molecule has 2 aliphatic rings. The van der Waals surface area contributed by atoms with E-state index in [1.165, 1.54) is 31.6 Å². The highest BCUT2D eigenvalue weighted by molar-refractivity contribution is 7.97. The predicted molar refractivity (Wildman–Crippen MR) is 46.3 cm³/mol. The molecule has 0 saturated carbocycles. The van der Waals surface area contributed by atoms with Gasteiger partial charge in [0.05, 0.1) is 13.2 Å². The summed E-state index contributed by atoms with van der Waals surface area (Å²) in [5.41, 5.74) is 0. The molecule has 0 aromatic heterocycles. The number of rotatable bonds is 3. The molecule has 0 aromatic rings. The smallest absolute Gasteiger partial charge is 0.0528 e. The van der Waals surface area contributed by atoms with E-state index in [-0.39, 0.29) is 0 Å². The molecule has 2 saturated heterocycles. The first-order valence-corrected chi connectivity index (χ1v) is 4.98. The number of nitrogens with zero attached hydrogens (tertiary/aromatic N) is 1. The maximum absolute atomic E-state index is 5.44. The van der Waals surface area contributed by atoms with Gasteiger partial charge in [-0.1, -0.05) is 11.9 Å². The zero-order valence-corrected chi connectivity index (χ0v) is 7.35. The summed E-state index contributed by atoms with van der Waals surface area (Å²) in [6, 6.07) is 0. The molecule has 0 aromatic carbocycles. The first-order chi connectivity index (χ1) is 5.38. The van der Waals surface area contributed by atoms with Crippen molar-refractivity contribution in [1.82, 2.24) is 4.90 Å². The molecule has 0 atom stereocenters. The van der Waals surface area contributed by atoms with E-state index < -0.39 is 0 Å². The molecule has 0 aliphatic carbocycles. The minimum Gasteiger partial charge on any atom is -0.381 e. The Balaban J connectivity index is 1.59. The van der Waals surface area contributed by atoms with Crippen LogP contribution in [0.4, 0.5) is 0 Å².